The van der Waals surface area contributed by atoms with E-state index in [2.05, 4.69) is 19.2 Å². The van der Waals surface area contributed by atoms with Crippen molar-refractivity contribution in [2.75, 3.05) is 19.8 Å². The van der Waals surface area contributed by atoms with Gasteiger partial charge in [0.15, 0.2) is 0 Å². The van der Waals surface area contributed by atoms with Gasteiger partial charge in [-0.05, 0) is 18.8 Å². The lowest BCUT2D eigenvalue weighted by Gasteiger charge is -2.18. The van der Waals surface area contributed by atoms with E-state index in [0.717, 1.165) is 19.4 Å². The molecule has 16 heavy (non-hydrogen) atoms. The van der Waals surface area contributed by atoms with E-state index in [1.54, 1.807) is 0 Å². The van der Waals surface area contributed by atoms with Crippen LogP contribution in [0.5, 0.6) is 0 Å². The van der Waals surface area contributed by atoms with Crippen molar-refractivity contribution < 1.29 is 9.53 Å². The molecule has 0 aromatic heterocycles. The van der Waals surface area contributed by atoms with E-state index in [9.17, 15) is 4.79 Å². The number of rotatable bonds is 9. The number of nitrogens with one attached hydrogen (secondary N) is 1. The van der Waals surface area contributed by atoms with Gasteiger partial charge in [0, 0.05) is 25.6 Å². The molecule has 0 aliphatic rings. The fraction of sp³-hybridized carbons (Fsp3) is 0.917. The number of ether oxygens (including phenoxy) is 1. The Morgan fingerprint density at radius 3 is 2.56 bits per heavy atom. The van der Waals surface area contributed by atoms with E-state index < -0.39 is 0 Å². The normalized spacial score (nSPS) is 12.8. The summed E-state index contributed by atoms with van der Waals surface area (Å²) in [6, 6.07) is 0.0960. The highest BCUT2D eigenvalue weighted by molar-refractivity contribution is 5.76. The highest BCUT2D eigenvalue weighted by atomic mass is 16.5. The van der Waals surface area contributed by atoms with Gasteiger partial charge in [-0.2, -0.15) is 0 Å². The lowest BCUT2D eigenvalue weighted by molar-refractivity contribution is -0.122. The third-order valence-electron chi connectivity index (χ3n) is 2.23. The zero-order valence-electron chi connectivity index (χ0n) is 10.8. The molecular weight excluding hydrogens is 204 g/mol. The molecule has 4 heteroatoms. The predicted octanol–water partition coefficient (Wildman–Crippen LogP) is 1.29. The molecule has 0 bridgehead atoms. The third-order valence-corrected chi connectivity index (χ3v) is 2.23. The molecule has 0 spiro atoms. The monoisotopic (exact) mass is 230 g/mol. The maximum absolute atomic E-state index is 11.5. The summed E-state index contributed by atoms with van der Waals surface area (Å²) in [5.41, 5.74) is 5.60. The van der Waals surface area contributed by atoms with Crippen LogP contribution < -0.4 is 11.1 Å². The van der Waals surface area contributed by atoms with Crippen LogP contribution in [0.1, 0.15) is 40.0 Å². The molecule has 0 aromatic carbocycles. The first-order chi connectivity index (χ1) is 7.60. The van der Waals surface area contributed by atoms with Crippen molar-refractivity contribution in [1.29, 1.82) is 0 Å². The van der Waals surface area contributed by atoms with Gasteiger partial charge in [-0.25, -0.2) is 0 Å². The first-order valence-electron chi connectivity index (χ1n) is 6.17. The number of hydrogen-bond acceptors (Lipinski definition) is 3. The molecule has 1 atom stereocenters. The summed E-state index contributed by atoms with van der Waals surface area (Å²) in [7, 11) is 0. The molecule has 0 heterocycles. The highest BCUT2D eigenvalue weighted by Crippen LogP contribution is 2.03. The average Bonchev–Trinajstić information content (AvgIpc) is 2.23. The Bertz CT molecular complexity index is 184. The van der Waals surface area contributed by atoms with Crippen molar-refractivity contribution in [1.82, 2.24) is 5.32 Å². The van der Waals surface area contributed by atoms with Gasteiger partial charge in [0.05, 0.1) is 6.61 Å². The van der Waals surface area contributed by atoms with Gasteiger partial charge in [-0.3, -0.25) is 4.79 Å². The quantitative estimate of drug-likeness (QED) is 0.587. The first kappa shape index (κ1) is 15.4. The Hall–Kier alpha value is -0.610. The van der Waals surface area contributed by atoms with Crippen LogP contribution in [0.3, 0.4) is 0 Å². The Balaban J connectivity index is 3.66. The van der Waals surface area contributed by atoms with E-state index in [4.69, 9.17) is 10.5 Å². The van der Waals surface area contributed by atoms with E-state index in [-0.39, 0.29) is 11.9 Å². The molecule has 0 aromatic rings. The SMILES string of the molecule is CCCOCCC(=O)NC(CN)CC(C)C. The summed E-state index contributed by atoms with van der Waals surface area (Å²) in [6.07, 6.45) is 2.34. The lowest BCUT2D eigenvalue weighted by atomic mass is 10.0. The minimum Gasteiger partial charge on any atom is -0.381 e. The van der Waals surface area contributed by atoms with Crippen molar-refractivity contribution >= 4 is 5.91 Å². The van der Waals surface area contributed by atoms with Gasteiger partial charge in [-0.15, -0.1) is 0 Å². The summed E-state index contributed by atoms with van der Waals surface area (Å²) in [5, 5.41) is 2.93. The smallest absolute Gasteiger partial charge is 0.222 e. The molecule has 1 amide bonds. The summed E-state index contributed by atoms with van der Waals surface area (Å²) in [6.45, 7) is 8.02. The summed E-state index contributed by atoms with van der Waals surface area (Å²) in [4.78, 5) is 11.5. The van der Waals surface area contributed by atoms with Gasteiger partial charge in [0.25, 0.3) is 0 Å². The molecule has 0 aliphatic heterocycles. The van der Waals surface area contributed by atoms with Crippen molar-refractivity contribution in [3.05, 3.63) is 0 Å². The minimum absolute atomic E-state index is 0.0344. The Labute approximate surface area is 98.9 Å². The highest BCUT2D eigenvalue weighted by Gasteiger charge is 2.11. The minimum atomic E-state index is 0.0344. The number of nitrogens with two attached hydrogens (primary N) is 1. The second kappa shape index (κ2) is 9.60. The summed E-state index contributed by atoms with van der Waals surface area (Å²) < 4.78 is 5.26. The Morgan fingerprint density at radius 2 is 2.06 bits per heavy atom. The number of carbonyl (C=O) groups excluding carboxylic acids is 1. The van der Waals surface area contributed by atoms with Gasteiger partial charge < -0.3 is 15.8 Å². The van der Waals surface area contributed by atoms with E-state index in [0.29, 0.717) is 25.5 Å². The Morgan fingerprint density at radius 1 is 1.38 bits per heavy atom. The van der Waals surface area contributed by atoms with Crippen LogP contribution in [0.25, 0.3) is 0 Å². The standard InChI is InChI=1S/C12H26N2O2/c1-4-6-16-7-5-12(15)14-11(9-13)8-10(2)3/h10-11H,4-9,13H2,1-3H3,(H,14,15). The van der Waals surface area contributed by atoms with Gasteiger partial charge in [-0.1, -0.05) is 20.8 Å². The second-order valence-electron chi connectivity index (χ2n) is 4.49. The third kappa shape index (κ3) is 8.68. The van der Waals surface area contributed by atoms with E-state index in [1.165, 1.54) is 0 Å². The van der Waals surface area contributed by atoms with Crippen LogP contribution >= 0.6 is 0 Å². The van der Waals surface area contributed by atoms with Gasteiger partial charge in [0.2, 0.25) is 5.91 Å². The van der Waals surface area contributed by atoms with Crippen molar-refractivity contribution in [2.24, 2.45) is 11.7 Å². The van der Waals surface area contributed by atoms with Crippen LogP contribution in [0.4, 0.5) is 0 Å². The van der Waals surface area contributed by atoms with Crippen LogP contribution in [0, 0.1) is 5.92 Å². The molecule has 0 saturated carbocycles. The number of amides is 1. The maximum Gasteiger partial charge on any atom is 0.222 e. The molecule has 0 fully saturated rings. The number of hydrogen-bond donors (Lipinski definition) is 2. The fourth-order valence-corrected chi connectivity index (χ4v) is 1.49. The molecule has 0 radical (unpaired) electrons. The van der Waals surface area contributed by atoms with Crippen molar-refractivity contribution in [2.45, 2.75) is 46.1 Å². The van der Waals surface area contributed by atoms with Crippen molar-refractivity contribution in [3.63, 3.8) is 0 Å². The molecular formula is C12H26N2O2. The van der Waals surface area contributed by atoms with Crippen molar-refractivity contribution in [3.8, 4) is 0 Å². The molecule has 1 unspecified atom stereocenters. The maximum atomic E-state index is 11.5. The molecule has 0 rings (SSSR count). The van der Waals surface area contributed by atoms with Crippen LogP contribution in [-0.2, 0) is 9.53 Å². The largest absolute Gasteiger partial charge is 0.381 e. The predicted molar refractivity (Wildman–Crippen MR) is 66.2 cm³/mol. The van der Waals surface area contributed by atoms with E-state index >= 15 is 0 Å². The average molecular weight is 230 g/mol. The van der Waals surface area contributed by atoms with Gasteiger partial charge in [0.1, 0.15) is 0 Å². The first-order valence-corrected chi connectivity index (χ1v) is 6.17. The summed E-state index contributed by atoms with van der Waals surface area (Å²) >= 11 is 0. The van der Waals surface area contributed by atoms with Crippen LogP contribution in [-0.4, -0.2) is 31.7 Å². The molecule has 0 saturated heterocycles. The lowest BCUT2D eigenvalue weighted by Crippen LogP contribution is -2.41. The van der Waals surface area contributed by atoms with Crippen LogP contribution in [0.2, 0.25) is 0 Å². The topological polar surface area (TPSA) is 64.3 Å². The zero-order chi connectivity index (χ0) is 12.4. The van der Waals surface area contributed by atoms with E-state index in [1.807, 2.05) is 6.92 Å². The molecule has 4 nitrogen and oxygen atoms in total. The fourth-order valence-electron chi connectivity index (χ4n) is 1.49. The summed E-state index contributed by atoms with van der Waals surface area (Å²) in [5.74, 6) is 0.581. The molecule has 96 valence electrons. The Kier molecular flexibility index (Phi) is 9.24. The molecule has 0 aliphatic carbocycles. The van der Waals surface area contributed by atoms with Gasteiger partial charge >= 0.3 is 0 Å². The zero-order valence-corrected chi connectivity index (χ0v) is 10.8. The van der Waals surface area contributed by atoms with Crippen LogP contribution in [0.15, 0.2) is 0 Å². The number of carbonyl (C=O) groups is 1. The molecule has 3 N–H and O–H groups in total. The second-order valence-corrected chi connectivity index (χ2v) is 4.49.